The number of aromatic nitrogens is 2. The maximum absolute atomic E-state index is 12.4. The van der Waals surface area contributed by atoms with Crippen LogP contribution >= 0.6 is 0 Å². The standard InChI is InChI=1S/C20H19N5O5.Ni/c1-23-9-5-4-6-16(23)22-25(3)14-7-8-15(26)12-10-13(20(29)30)19(21-11-17(27)28)24(2)18(12)14;/h4-10H,3,11H2,1-2H3,(H2-,21,26,27,28,29,30);/p-1/b22-16-;. The van der Waals surface area contributed by atoms with Gasteiger partial charge in [0, 0.05) is 53.5 Å². The maximum Gasteiger partial charge on any atom is 0.325 e. The molecule has 0 bridgehead atoms. The Morgan fingerprint density at radius 1 is 1.23 bits per heavy atom. The van der Waals surface area contributed by atoms with E-state index in [1.807, 2.05) is 6.07 Å². The van der Waals surface area contributed by atoms with Gasteiger partial charge in [0.15, 0.2) is 6.72 Å². The molecule has 0 atom stereocenters. The van der Waals surface area contributed by atoms with Crippen molar-refractivity contribution in [2.45, 2.75) is 0 Å². The third kappa shape index (κ3) is 4.72. The average Bonchev–Trinajstić information content (AvgIpc) is 2.69. The summed E-state index contributed by atoms with van der Waals surface area (Å²) in [7, 11) is 3.29. The summed E-state index contributed by atoms with van der Waals surface area (Å²) in [6.07, 6.45) is 1.81. The monoisotopic (exact) mass is 466 g/mol. The van der Waals surface area contributed by atoms with Crippen molar-refractivity contribution in [3.8, 4) is 5.75 Å². The van der Waals surface area contributed by atoms with E-state index in [0.29, 0.717) is 16.7 Å². The summed E-state index contributed by atoms with van der Waals surface area (Å²) in [5.41, 5.74) is 0.746. The van der Waals surface area contributed by atoms with Crippen molar-refractivity contribution in [2.75, 3.05) is 6.54 Å². The van der Waals surface area contributed by atoms with E-state index < -0.39 is 24.2 Å². The number of aliphatic carboxylic acids is 1. The first-order chi connectivity index (χ1) is 14.2. The van der Waals surface area contributed by atoms with Crippen LogP contribution in [0.2, 0.25) is 0 Å². The maximum atomic E-state index is 12.4. The summed E-state index contributed by atoms with van der Waals surface area (Å²) >= 11 is 0. The molecule has 0 spiro atoms. The quantitative estimate of drug-likeness (QED) is 0.218. The number of aryl methyl sites for hydroxylation is 2. The normalized spacial score (nSPS) is 11.9. The average molecular weight is 467 g/mol. The Morgan fingerprint density at radius 3 is 2.55 bits per heavy atom. The van der Waals surface area contributed by atoms with Crippen molar-refractivity contribution in [3.05, 3.63) is 59.1 Å². The number of benzene rings is 1. The molecule has 0 amide bonds. The molecule has 164 valence electrons. The van der Waals surface area contributed by atoms with E-state index in [0.717, 1.165) is 6.07 Å². The molecule has 0 radical (unpaired) electrons. The van der Waals surface area contributed by atoms with E-state index in [1.165, 1.54) is 28.4 Å². The molecule has 10 nitrogen and oxygen atoms in total. The first-order valence-electron chi connectivity index (χ1n) is 8.75. The van der Waals surface area contributed by atoms with Crippen molar-refractivity contribution < 1.29 is 46.1 Å². The van der Waals surface area contributed by atoms with Crippen LogP contribution in [0.15, 0.2) is 52.7 Å². The Balaban J connectivity index is 0.00000341. The second-order valence-corrected chi connectivity index (χ2v) is 6.45. The molecule has 11 heteroatoms. The topological polar surface area (TPSA) is 138 Å². The fourth-order valence-corrected chi connectivity index (χ4v) is 3.05. The van der Waals surface area contributed by atoms with Gasteiger partial charge in [-0.25, -0.2) is 0 Å². The summed E-state index contributed by atoms with van der Waals surface area (Å²) < 4.78 is 4.40. The van der Waals surface area contributed by atoms with Crippen LogP contribution in [0.5, 0.6) is 5.75 Å². The summed E-state index contributed by atoms with van der Waals surface area (Å²) in [5.74, 6) is -3.23. The Labute approximate surface area is 186 Å². The summed E-state index contributed by atoms with van der Waals surface area (Å²) in [4.78, 5) is 26.4. The molecular formula is C20H18N5NiO5-. The summed E-state index contributed by atoms with van der Waals surface area (Å²) in [6.45, 7) is 3.26. The molecule has 3 aromatic rings. The van der Waals surface area contributed by atoms with Crippen molar-refractivity contribution >= 4 is 35.2 Å². The molecule has 0 unspecified atom stereocenters. The zero-order valence-corrected chi connectivity index (χ0v) is 17.6. The van der Waals surface area contributed by atoms with Crippen molar-refractivity contribution in [3.63, 3.8) is 0 Å². The van der Waals surface area contributed by atoms with Crippen LogP contribution in [0.1, 0.15) is 10.4 Å². The Bertz CT molecular complexity index is 1340. The van der Waals surface area contributed by atoms with Crippen molar-refractivity contribution in [1.29, 1.82) is 0 Å². The predicted molar refractivity (Wildman–Crippen MR) is 103 cm³/mol. The van der Waals surface area contributed by atoms with Gasteiger partial charge in [-0.3, -0.25) is 9.79 Å². The van der Waals surface area contributed by atoms with Gasteiger partial charge < -0.3 is 29.2 Å². The van der Waals surface area contributed by atoms with Crippen molar-refractivity contribution in [2.24, 2.45) is 24.2 Å². The van der Waals surface area contributed by atoms with E-state index >= 15 is 0 Å². The number of rotatable bonds is 5. The van der Waals surface area contributed by atoms with Crippen LogP contribution in [0.3, 0.4) is 0 Å². The van der Waals surface area contributed by atoms with Gasteiger partial charge in [-0.1, -0.05) is 22.6 Å². The molecule has 2 heterocycles. The molecule has 0 aliphatic heterocycles. The van der Waals surface area contributed by atoms with Crippen molar-refractivity contribution in [1.82, 2.24) is 9.13 Å². The fourth-order valence-electron chi connectivity index (χ4n) is 3.05. The van der Waals surface area contributed by atoms with Gasteiger partial charge in [0.2, 0.25) is 5.49 Å². The van der Waals surface area contributed by atoms with Crippen LogP contribution in [0, 0.1) is 0 Å². The number of aromatic carboxylic acids is 1. The second kappa shape index (κ2) is 9.40. The zero-order valence-electron chi connectivity index (χ0n) is 16.6. The molecule has 1 N–H and O–H groups in total. The largest absolute Gasteiger partial charge is 0.872 e. The number of nitrogens with zero attached hydrogens (tertiary/aromatic N) is 5. The Kier molecular flexibility index (Phi) is 7.14. The zero-order chi connectivity index (χ0) is 22.0. The minimum Gasteiger partial charge on any atom is -0.872 e. The fraction of sp³-hybridized carbons (Fsp3) is 0.150. The van der Waals surface area contributed by atoms with Gasteiger partial charge in [-0.15, -0.1) is 0 Å². The number of hydrogen-bond acceptors (Lipinski definition) is 6. The van der Waals surface area contributed by atoms with Gasteiger partial charge in [0.1, 0.15) is 17.5 Å². The number of fused-ring (bicyclic) bond motifs is 1. The van der Waals surface area contributed by atoms with Crippen LogP contribution in [-0.4, -0.2) is 44.1 Å². The number of hydrogen-bond donors (Lipinski definition) is 1. The SMILES string of the molecule is C=[N+](/N=c1/ccccn1C)c1ccc([O-])c2cc(C(=O)[O-])c(=NCC(=O)O)n(C)c12.[Ni]. The Hall–Kier alpha value is -3.72. The van der Waals surface area contributed by atoms with Crippen LogP contribution in [0.25, 0.3) is 10.9 Å². The van der Waals surface area contributed by atoms with Gasteiger partial charge in [0.25, 0.3) is 5.69 Å². The number of carboxylic acid groups (broad SMARTS) is 2. The van der Waals surface area contributed by atoms with Crippen LogP contribution < -0.4 is 21.2 Å². The van der Waals surface area contributed by atoms with Gasteiger partial charge >= 0.3 is 5.97 Å². The molecule has 31 heavy (non-hydrogen) atoms. The van der Waals surface area contributed by atoms with Gasteiger partial charge in [0.05, 0.1) is 5.97 Å². The summed E-state index contributed by atoms with van der Waals surface area (Å²) in [5, 5.41) is 37.5. The molecular weight excluding hydrogens is 449 g/mol. The molecule has 0 saturated carbocycles. The first kappa shape index (κ1) is 23.6. The molecule has 3 rings (SSSR count). The molecule has 0 aliphatic rings. The molecule has 2 aromatic heterocycles. The Morgan fingerprint density at radius 2 is 1.94 bits per heavy atom. The van der Waals surface area contributed by atoms with E-state index in [1.54, 1.807) is 29.9 Å². The number of carbonyl (C=O) groups excluding carboxylic acids is 1. The number of pyridine rings is 2. The third-order valence-corrected chi connectivity index (χ3v) is 4.45. The summed E-state index contributed by atoms with van der Waals surface area (Å²) in [6, 6.07) is 9.33. The van der Waals surface area contributed by atoms with E-state index in [4.69, 9.17) is 5.11 Å². The van der Waals surface area contributed by atoms with Gasteiger partial charge in [-0.2, -0.15) is 0 Å². The minimum absolute atomic E-state index is 0. The number of carboxylic acids is 2. The third-order valence-electron chi connectivity index (χ3n) is 4.45. The van der Waals surface area contributed by atoms with E-state index in [9.17, 15) is 19.8 Å². The van der Waals surface area contributed by atoms with Crippen LogP contribution in [0.4, 0.5) is 5.69 Å². The predicted octanol–water partition coefficient (Wildman–Crippen LogP) is -1.20. The molecule has 0 saturated heterocycles. The first-order valence-corrected chi connectivity index (χ1v) is 8.75. The number of carbonyl (C=O) groups is 2. The molecule has 1 aromatic carbocycles. The van der Waals surface area contributed by atoms with Gasteiger partial charge in [-0.05, 0) is 23.6 Å². The van der Waals surface area contributed by atoms with E-state index in [-0.39, 0.29) is 32.9 Å². The minimum atomic E-state index is -1.58. The smallest absolute Gasteiger partial charge is 0.325 e. The molecule has 0 aliphatic carbocycles. The molecule has 0 fully saturated rings. The second-order valence-electron chi connectivity index (χ2n) is 6.45. The van der Waals surface area contributed by atoms with E-state index in [2.05, 4.69) is 16.8 Å². The van der Waals surface area contributed by atoms with Crippen LogP contribution in [-0.2, 0) is 35.4 Å².